The van der Waals surface area contributed by atoms with Gasteiger partial charge in [-0.2, -0.15) is 5.10 Å². The summed E-state index contributed by atoms with van der Waals surface area (Å²) in [6.07, 6.45) is 3.99. The Balaban J connectivity index is 1.82. The first-order valence-electron chi connectivity index (χ1n) is 6.45. The maximum Gasteiger partial charge on any atom is 0.223 e. The average molecular weight is 326 g/mol. The van der Waals surface area contributed by atoms with Gasteiger partial charge in [-0.05, 0) is 12.1 Å². The average Bonchev–Trinajstić information content (AvgIpc) is 3.04. The van der Waals surface area contributed by atoms with Crippen LogP contribution in [-0.2, 0) is 18.4 Å². The predicted octanol–water partition coefficient (Wildman–Crippen LogP) is 2.76. The van der Waals surface area contributed by atoms with E-state index < -0.39 is 0 Å². The van der Waals surface area contributed by atoms with Gasteiger partial charge in [-0.25, -0.2) is 0 Å². The third-order valence-electron chi connectivity index (χ3n) is 3.02. The quantitative estimate of drug-likeness (QED) is 0.767. The molecule has 0 saturated carbocycles. The van der Waals surface area contributed by atoms with Gasteiger partial charge in [0.2, 0.25) is 5.91 Å². The number of carbonyl (C=O) groups is 2. The monoisotopic (exact) mass is 325 g/mol. The molecule has 0 spiro atoms. The number of nitrogens with zero attached hydrogens (tertiary/aromatic N) is 3. The lowest BCUT2D eigenvalue weighted by Crippen LogP contribution is -2.26. The van der Waals surface area contributed by atoms with Crippen molar-refractivity contribution in [1.82, 2.24) is 14.7 Å². The van der Waals surface area contributed by atoms with Gasteiger partial charge in [-0.1, -0.05) is 11.6 Å². The van der Waals surface area contributed by atoms with Crippen LogP contribution >= 0.6 is 22.9 Å². The molecular weight excluding hydrogens is 310 g/mol. The summed E-state index contributed by atoms with van der Waals surface area (Å²) in [5.74, 6) is -0.107. The van der Waals surface area contributed by atoms with Crippen molar-refractivity contribution in [2.45, 2.75) is 19.4 Å². The SMILES string of the molecule is CN(Cc1cnn(C)c1)C(=O)CCC(=O)c1ccc(Cl)s1. The first kappa shape index (κ1) is 15.7. The Morgan fingerprint density at radius 3 is 2.71 bits per heavy atom. The molecule has 112 valence electrons. The molecule has 0 unspecified atom stereocenters. The van der Waals surface area contributed by atoms with Crippen molar-refractivity contribution in [2.24, 2.45) is 7.05 Å². The minimum atomic E-state index is -0.0603. The Labute approximate surface area is 132 Å². The maximum absolute atomic E-state index is 12.0. The molecule has 2 aromatic rings. The number of aryl methyl sites for hydroxylation is 1. The van der Waals surface area contributed by atoms with Gasteiger partial charge in [-0.3, -0.25) is 14.3 Å². The van der Waals surface area contributed by atoms with Crippen molar-refractivity contribution >= 4 is 34.6 Å². The third kappa shape index (κ3) is 4.41. The fourth-order valence-corrected chi connectivity index (χ4v) is 2.92. The maximum atomic E-state index is 12.0. The van der Waals surface area contributed by atoms with E-state index in [4.69, 9.17) is 11.6 Å². The fourth-order valence-electron chi connectivity index (χ4n) is 1.91. The van der Waals surface area contributed by atoms with Crippen LogP contribution in [0.3, 0.4) is 0 Å². The molecule has 0 saturated heterocycles. The number of halogens is 1. The molecule has 0 N–H and O–H groups in total. The van der Waals surface area contributed by atoms with Gasteiger partial charge in [0.15, 0.2) is 5.78 Å². The van der Waals surface area contributed by atoms with Crippen LogP contribution in [0, 0.1) is 0 Å². The van der Waals surface area contributed by atoms with Crippen molar-refractivity contribution < 1.29 is 9.59 Å². The molecule has 1 amide bonds. The molecule has 0 aromatic carbocycles. The zero-order valence-corrected chi connectivity index (χ0v) is 13.4. The van der Waals surface area contributed by atoms with Crippen LogP contribution < -0.4 is 0 Å². The highest BCUT2D eigenvalue weighted by Gasteiger charge is 2.14. The Morgan fingerprint density at radius 1 is 1.38 bits per heavy atom. The number of thiophene rings is 1. The van der Waals surface area contributed by atoms with Gasteiger partial charge >= 0.3 is 0 Å². The van der Waals surface area contributed by atoms with Crippen LogP contribution in [0.15, 0.2) is 24.5 Å². The van der Waals surface area contributed by atoms with Crippen LogP contribution in [-0.4, -0.2) is 33.4 Å². The molecule has 0 aliphatic heterocycles. The second kappa shape index (κ2) is 6.87. The van der Waals surface area contributed by atoms with E-state index in [-0.39, 0.29) is 24.5 Å². The van der Waals surface area contributed by atoms with E-state index in [2.05, 4.69) is 5.10 Å². The van der Waals surface area contributed by atoms with Gasteiger partial charge in [-0.15, -0.1) is 11.3 Å². The van der Waals surface area contributed by atoms with Gasteiger partial charge < -0.3 is 4.90 Å². The molecule has 2 rings (SSSR count). The summed E-state index contributed by atoms with van der Waals surface area (Å²) in [5, 5.41) is 4.06. The molecular formula is C14H16ClN3O2S. The van der Waals surface area contributed by atoms with E-state index in [0.717, 1.165) is 5.56 Å². The van der Waals surface area contributed by atoms with Crippen molar-refractivity contribution in [1.29, 1.82) is 0 Å². The van der Waals surface area contributed by atoms with Crippen molar-refractivity contribution in [3.05, 3.63) is 39.3 Å². The summed E-state index contributed by atoms with van der Waals surface area (Å²) < 4.78 is 2.27. The van der Waals surface area contributed by atoms with Gasteiger partial charge in [0.25, 0.3) is 0 Å². The predicted molar refractivity (Wildman–Crippen MR) is 82.6 cm³/mol. The molecule has 0 aliphatic carbocycles. The Hall–Kier alpha value is -1.66. The highest BCUT2D eigenvalue weighted by molar-refractivity contribution is 7.18. The second-order valence-corrected chi connectivity index (χ2v) is 6.51. The molecule has 5 nitrogen and oxygen atoms in total. The van der Waals surface area contributed by atoms with Crippen LogP contribution in [0.2, 0.25) is 4.34 Å². The minimum Gasteiger partial charge on any atom is -0.341 e. The zero-order valence-electron chi connectivity index (χ0n) is 11.9. The summed E-state index contributed by atoms with van der Waals surface area (Å²) in [6.45, 7) is 0.492. The highest BCUT2D eigenvalue weighted by Crippen LogP contribution is 2.23. The molecule has 2 aromatic heterocycles. The molecule has 0 fully saturated rings. The van der Waals surface area contributed by atoms with E-state index in [1.165, 1.54) is 11.3 Å². The molecule has 0 aliphatic rings. The number of carbonyl (C=O) groups excluding carboxylic acids is 2. The smallest absolute Gasteiger partial charge is 0.223 e. The van der Waals surface area contributed by atoms with Crippen LogP contribution in [0.1, 0.15) is 28.1 Å². The summed E-state index contributed by atoms with van der Waals surface area (Å²) >= 11 is 7.03. The topological polar surface area (TPSA) is 55.2 Å². The van der Waals surface area contributed by atoms with Crippen LogP contribution in [0.5, 0.6) is 0 Å². The number of Topliss-reactive ketones (excluding diaryl/α,β-unsaturated/α-hetero) is 1. The molecule has 0 bridgehead atoms. The van der Waals surface area contributed by atoms with E-state index >= 15 is 0 Å². The Morgan fingerprint density at radius 2 is 2.14 bits per heavy atom. The van der Waals surface area contributed by atoms with Gasteiger partial charge in [0.05, 0.1) is 15.4 Å². The lowest BCUT2D eigenvalue weighted by molar-refractivity contribution is -0.130. The third-order valence-corrected chi connectivity index (χ3v) is 4.29. The minimum absolute atomic E-state index is 0.0463. The second-order valence-electron chi connectivity index (χ2n) is 4.80. The van der Waals surface area contributed by atoms with Gasteiger partial charge in [0.1, 0.15) is 0 Å². The Bertz CT molecular complexity index is 650. The van der Waals surface area contributed by atoms with E-state index in [1.807, 2.05) is 13.2 Å². The number of hydrogen-bond acceptors (Lipinski definition) is 4. The normalized spacial score (nSPS) is 10.6. The number of hydrogen-bond donors (Lipinski definition) is 0. The number of aromatic nitrogens is 2. The lowest BCUT2D eigenvalue weighted by atomic mass is 10.2. The molecule has 0 atom stereocenters. The van der Waals surface area contributed by atoms with Crippen molar-refractivity contribution in [3.63, 3.8) is 0 Å². The van der Waals surface area contributed by atoms with E-state index in [9.17, 15) is 9.59 Å². The highest BCUT2D eigenvalue weighted by atomic mass is 35.5. The molecule has 2 heterocycles. The largest absolute Gasteiger partial charge is 0.341 e. The standard InChI is InChI=1S/C14H16ClN3O2S/c1-17(8-10-7-16-18(2)9-10)14(20)6-3-11(19)12-4-5-13(15)21-12/h4-5,7,9H,3,6,8H2,1-2H3. The number of rotatable bonds is 6. The summed E-state index contributed by atoms with van der Waals surface area (Å²) in [4.78, 5) is 26.1. The van der Waals surface area contributed by atoms with Crippen LogP contribution in [0.25, 0.3) is 0 Å². The zero-order chi connectivity index (χ0) is 15.4. The summed E-state index contributed by atoms with van der Waals surface area (Å²) in [7, 11) is 3.55. The van der Waals surface area contributed by atoms with E-state index in [1.54, 1.807) is 35.0 Å². The van der Waals surface area contributed by atoms with Crippen LogP contribution in [0.4, 0.5) is 0 Å². The fraction of sp³-hybridized carbons (Fsp3) is 0.357. The summed E-state index contributed by atoms with van der Waals surface area (Å²) in [5.41, 5.74) is 0.963. The number of amides is 1. The van der Waals surface area contributed by atoms with Crippen molar-refractivity contribution in [3.8, 4) is 0 Å². The number of ketones is 1. The first-order chi connectivity index (χ1) is 9.95. The Kier molecular flexibility index (Phi) is 5.14. The molecule has 21 heavy (non-hydrogen) atoms. The summed E-state index contributed by atoms with van der Waals surface area (Å²) in [6, 6.07) is 3.38. The van der Waals surface area contributed by atoms with Gasteiger partial charge in [0, 0.05) is 45.2 Å². The molecule has 7 heteroatoms. The van der Waals surface area contributed by atoms with E-state index in [0.29, 0.717) is 15.8 Å². The van der Waals surface area contributed by atoms with Crippen molar-refractivity contribution in [2.75, 3.05) is 7.05 Å². The lowest BCUT2D eigenvalue weighted by Gasteiger charge is -2.15. The molecule has 0 radical (unpaired) electrons. The first-order valence-corrected chi connectivity index (χ1v) is 7.65.